The van der Waals surface area contributed by atoms with Gasteiger partial charge in [-0.05, 0) is 31.0 Å². The molecule has 2 aliphatic heterocycles. The van der Waals surface area contributed by atoms with E-state index in [-0.39, 0.29) is 6.04 Å². The lowest BCUT2D eigenvalue weighted by Crippen LogP contribution is -2.55. The lowest BCUT2D eigenvalue weighted by atomic mass is 10.00. The minimum Gasteiger partial charge on any atom is -0.469 e. The number of nitrogens with one attached hydrogen (secondary N) is 2. The molecule has 0 bridgehead atoms. The van der Waals surface area contributed by atoms with Crippen molar-refractivity contribution in [3.05, 3.63) is 28.8 Å². The maximum absolute atomic E-state index is 13.2. The highest BCUT2D eigenvalue weighted by Crippen LogP contribution is 2.29. The van der Waals surface area contributed by atoms with Crippen LogP contribution in [0.4, 0.5) is 5.69 Å². The van der Waals surface area contributed by atoms with E-state index in [1.165, 1.54) is 11.4 Å². The van der Waals surface area contributed by atoms with Crippen LogP contribution in [0, 0.1) is 12.8 Å². The van der Waals surface area contributed by atoms with Crippen molar-refractivity contribution < 1.29 is 17.9 Å². The fraction of sp³-hybridized carbons (Fsp3) is 0.611. The lowest BCUT2D eigenvalue weighted by Gasteiger charge is -2.37. The number of rotatable bonds is 5. The predicted octanol–water partition coefficient (Wildman–Crippen LogP) is 1.10. The zero-order valence-corrected chi connectivity index (χ0v) is 17.9. The first kappa shape index (κ1) is 21.3. The summed E-state index contributed by atoms with van der Waals surface area (Å²) < 4.78 is 32.8. The summed E-state index contributed by atoms with van der Waals surface area (Å²) in [6.45, 7) is 5.71. The van der Waals surface area contributed by atoms with Crippen LogP contribution in [0.2, 0.25) is 5.02 Å². The number of ether oxygens (including phenoxy) is 1. The van der Waals surface area contributed by atoms with Crippen molar-refractivity contribution in [1.82, 2.24) is 15.2 Å². The summed E-state index contributed by atoms with van der Waals surface area (Å²) in [6.07, 6.45) is 0.612. The first-order chi connectivity index (χ1) is 13.3. The molecule has 10 heteroatoms. The van der Waals surface area contributed by atoms with Crippen LogP contribution in [0.25, 0.3) is 0 Å². The highest BCUT2D eigenvalue weighted by Gasteiger charge is 2.50. The molecule has 0 spiro atoms. The third-order valence-corrected chi connectivity index (χ3v) is 7.89. The molecule has 2 heterocycles. The first-order valence-electron chi connectivity index (χ1n) is 9.38. The molecule has 3 unspecified atom stereocenters. The van der Waals surface area contributed by atoms with Crippen molar-refractivity contribution in [2.45, 2.75) is 31.7 Å². The highest BCUT2D eigenvalue weighted by atomic mass is 35.5. The summed E-state index contributed by atoms with van der Waals surface area (Å²) >= 11 is 6.12. The molecule has 1 aromatic rings. The SMILES string of the molecule is CCC1NNC(S(=O)(=O)N2CCN(c3cc(Cl)ccc3C)CC2)C1C(=O)OC. The quantitative estimate of drug-likeness (QED) is 0.676. The van der Waals surface area contributed by atoms with Crippen LogP contribution in [-0.4, -0.2) is 63.4 Å². The summed E-state index contributed by atoms with van der Waals surface area (Å²) in [5, 5.41) is -0.382. The number of piperazine rings is 1. The van der Waals surface area contributed by atoms with Gasteiger partial charge in [0.05, 0.1) is 7.11 Å². The maximum atomic E-state index is 13.2. The Bertz CT molecular complexity index is 827. The van der Waals surface area contributed by atoms with Gasteiger partial charge in [-0.1, -0.05) is 24.6 Å². The van der Waals surface area contributed by atoms with E-state index in [2.05, 4.69) is 15.8 Å². The predicted molar refractivity (Wildman–Crippen MR) is 109 cm³/mol. The number of sulfonamides is 1. The number of methoxy groups -OCH3 is 1. The van der Waals surface area contributed by atoms with E-state index in [1.54, 1.807) is 0 Å². The van der Waals surface area contributed by atoms with Crippen LogP contribution in [-0.2, 0) is 19.6 Å². The smallest absolute Gasteiger partial charge is 0.313 e. The van der Waals surface area contributed by atoms with Crippen LogP contribution in [0.1, 0.15) is 18.9 Å². The Labute approximate surface area is 171 Å². The van der Waals surface area contributed by atoms with E-state index in [9.17, 15) is 13.2 Å². The van der Waals surface area contributed by atoms with E-state index in [0.29, 0.717) is 37.6 Å². The second-order valence-corrected chi connectivity index (χ2v) is 9.63. The number of anilines is 1. The van der Waals surface area contributed by atoms with Gasteiger partial charge in [0.25, 0.3) is 0 Å². The standard InChI is InChI=1S/C18H27ClN4O4S/c1-4-14-16(18(24)27-3)17(21-20-14)28(25,26)23-9-7-22(8-10-23)15-11-13(19)6-5-12(15)2/h5-6,11,14,16-17,20-21H,4,7-10H2,1-3H3. The molecule has 2 fully saturated rings. The van der Waals surface area contributed by atoms with Crippen molar-refractivity contribution in [3.63, 3.8) is 0 Å². The molecule has 0 aromatic heterocycles. The van der Waals surface area contributed by atoms with Crippen molar-refractivity contribution >= 4 is 33.3 Å². The monoisotopic (exact) mass is 430 g/mol. The first-order valence-corrected chi connectivity index (χ1v) is 11.3. The van der Waals surface area contributed by atoms with E-state index in [1.807, 2.05) is 32.0 Å². The van der Waals surface area contributed by atoms with Crippen LogP contribution in [0.15, 0.2) is 18.2 Å². The fourth-order valence-electron chi connectivity index (χ4n) is 3.89. The average molecular weight is 431 g/mol. The van der Waals surface area contributed by atoms with Gasteiger partial charge in [-0.25, -0.2) is 13.8 Å². The van der Waals surface area contributed by atoms with E-state index in [0.717, 1.165) is 11.3 Å². The second kappa shape index (κ2) is 8.54. The van der Waals surface area contributed by atoms with E-state index >= 15 is 0 Å². The molecule has 8 nitrogen and oxygen atoms in total. The van der Waals surface area contributed by atoms with Crippen molar-refractivity contribution in [1.29, 1.82) is 0 Å². The van der Waals surface area contributed by atoms with E-state index < -0.39 is 27.3 Å². The van der Waals surface area contributed by atoms with Crippen LogP contribution >= 0.6 is 11.6 Å². The lowest BCUT2D eigenvalue weighted by molar-refractivity contribution is -0.145. The summed E-state index contributed by atoms with van der Waals surface area (Å²) in [5.41, 5.74) is 7.86. The molecular formula is C18H27ClN4O4S. The van der Waals surface area contributed by atoms with Crippen LogP contribution < -0.4 is 15.8 Å². The number of hydrogen-bond acceptors (Lipinski definition) is 7. The molecule has 0 aliphatic carbocycles. The van der Waals surface area contributed by atoms with Gasteiger partial charge in [-0.3, -0.25) is 10.2 Å². The number of nitrogens with zero attached hydrogens (tertiary/aromatic N) is 2. The molecule has 156 valence electrons. The molecule has 2 saturated heterocycles. The minimum atomic E-state index is -3.73. The molecule has 0 amide bonds. The van der Waals surface area contributed by atoms with Gasteiger partial charge in [0, 0.05) is 42.9 Å². The third-order valence-electron chi connectivity index (χ3n) is 5.52. The molecular weight excluding hydrogens is 404 g/mol. The Morgan fingerprint density at radius 3 is 2.54 bits per heavy atom. The number of aryl methyl sites for hydroxylation is 1. The normalized spacial score (nSPS) is 26.4. The number of hydrogen-bond donors (Lipinski definition) is 2. The number of esters is 1. The molecule has 0 saturated carbocycles. The minimum absolute atomic E-state index is 0.289. The van der Waals surface area contributed by atoms with Gasteiger partial charge in [0.2, 0.25) is 10.0 Å². The van der Waals surface area contributed by atoms with Crippen LogP contribution in [0.3, 0.4) is 0 Å². The summed E-state index contributed by atoms with van der Waals surface area (Å²) in [7, 11) is -2.45. The molecule has 2 N–H and O–H groups in total. The largest absolute Gasteiger partial charge is 0.469 e. The Kier molecular flexibility index (Phi) is 6.51. The van der Waals surface area contributed by atoms with Gasteiger partial charge >= 0.3 is 5.97 Å². The Morgan fingerprint density at radius 1 is 1.25 bits per heavy atom. The summed E-state index contributed by atoms with van der Waals surface area (Å²) in [6, 6.07) is 5.42. The van der Waals surface area contributed by atoms with Gasteiger partial charge in [0.15, 0.2) is 5.37 Å². The maximum Gasteiger partial charge on any atom is 0.313 e. The molecule has 3 atom stereocenters. The highest BCUT2D eigenvalue weighted by molar-refractivity contribution is 7.89. The summed E-state index contributed by atoms with van der Waals surface area (Å²) in [4.78, 5) is 14.4. The summed E-state index contributed by atoms with van der Waals surface area (Å²) in [5.74, 6) is -1.31. The van der Waals surface area contributed by atoms with Crippen molar-refractivity contribution in [2.24, 2.45) is 5.92 Å². The van der Waals surface area contributed by atoms with Gasteiger partial charge < -0.3 is 9.64 Å². The zero-order chi connectivity index (χ0) is 20.5. The van der Waals surface area contributed by atoms with Gasteiger partial charge in [-0.15, -0.1) is 0 Å². The Morgan fingerprint density at radius 2 is 1.93 bits per heavy atom. The molecule has 28 heavy (non-hydrogen) atoms. The molecule has 1 aromatic carbocycles. The third kappa shape index (κ3) is 3.99. The second-order valence-electron chi connectivity index (χ2n) is 7.13. The fourth-order valence-corrected chi connectivity index (χ4v) is 5.93. The van der Waals surface area contributed by atoms with Crippen LogP contribution in [0.5, 0.6) is 0 Å². The number of carbonyl (C=O) groups excluding carboxylic acids is 1. The van der Waals surface area contributed by atoms with Gasteiger partial charge in [-0.2, -0.15) is 4.31 Å². The number of hydrazine groups is 1. The van der Waals surface area contributed by atoms with Crippen molar-refractivity contribution in [2.75, 3.05) is 38.2 Å². The molecule has 3 rings (SSSR count). The van der Waals surface area contributed by atoms with E-state index in [4.69, 9.17) is 16.3 Å². The molecule has 2 aliphatic rings. The zero-order valence-electron chi connectivity index (χ0n) is 16.3. The Hall–Kier alpha value is -1.39. The number of halogens is 1. The van der Waals surface area contributed by atoms with Gasteiger partial charge in [0.1, 0.15) is 5.92 Å². The van der Waals surface area contributed by atoms with Crippen molar-refractivity contribution in [3.8, 4) is 0 Å². The number of carbonyl (C=O) groups is 1. The molecule has 0 radical (unpaired) electrons. The average Bonchev–Trinajstić information content (AvgIpc) is 3.14. The Balaban J connectivity index is 1.74. The number of benzene rings is 1. The topological polar surface area (TPSA) is 91.0 Å².